The molecule has 2 heterocycles. The molecule has 32 heavy (non-hydrogen) atoms. The summed E-state index contributed by atoms with van der Waals surface area (Å²) in [6.45, 7) is 3.00. The third kappa shape index (κ3) is 8.46. The van der Waals surface area contributed by atoms with Crippen LogP contribution in [0.15, 0.2) is 12.2 Å². The van der Waals surface area contributed by atoms with Gasteiger partial charge < -0.3 is 19.3 Å². The molecule has 1 saturated heterocycles. The van der Waals surface area contributed by atoms with Crippen molar-refractivity contribution in [1.29, 1.82) is 0 Å². The summed E-state index contributed by atoms with van der Waals surface area (Å²) < 4.78 is 18.3. The van der Waals surface area contributed by atoms with Gasteiger partial charge in [-0.25, -0.2) is 0 Å². The lowest BCUT2D eigenvalue weighted by Crippen LogP contribution is -2.32. The van der Waals surface area contributed by atoms with Gasteiger partial charge in [-0.05, 0) is 63.7 Å². The number of aliphatic hydroxyl groups excluding tert-OH is 1. The molecule has 1 aliphatic carbocycles. The maximum atomic E-state index is 12.4. The molecule has 0 aromatic heterocycles. The second-order valence-electron chi connectivity index (χ2n) is 10.1. The van der Waals surface area contributed by atoms with Gasteiger partial charge in [0.05, 0.1) is 12.2 Å². The van der Waals surface area contributed by atoms with Crippen LogP contribution in [0.2, 0.25) is 0 Å². The first-order valence-corrected chi connectivity index (χ1v) is 13.5. The van der Waals surface area contributed by atoms with Crippen LogP contribution in [0, 0.1) is 11.8 Å². The largest absolute Gasteiger partial charge is 0.462 e. The highest BCUT2D eigenvalue weighted by Crippen LogP contribution is 2.43. The van der Waals surface area contributed by atoms with E-state index in [-0.39, 0.29) is 42.4 Å². The zero-order valence-corrected chi connectivity index (χ0v) is 20.2. The lowest BCUT2D eigenvalue weighted by atomic mass is 9.85. The van der Waals surface area contributed by atoms with E-state index in [0.717, 1.165) is 77.2 Å². The lowest BCUT2D eigenvalue weighted by molar-refractivity contribution is -0.196. The van der Waals surface area contributed by atoms with Crippen LogP contribution in [-0.4, -0.2) is 42.3 Å². The number of ether oxygens (including phenoxy) is 3. The summed E-state index contributed by atoms with van der Waals surface area (Å²) in [7, 11) is 0. The highest BCUT2D eigenvalue weighted by atomic mass is 16.7. The Bertz CT molecular complexity index is 556. The van der Waals surface area contributed by atoms with Crippen molar-refractivity contribution in [2.75, 3.05) is 6.61 Å². The minimum absolute atomic E-state index is 0.0341. The van der Waals surface area contributed by atoms with Crippen LogP contribution < -0.4 is 0 Å². The third-order valence-electron chi connectivity index (χ3n) is 7.52. The van der Waals surface area contributed by atoms with Crippen molar-refractivity contribution < 1.29 is 24.1 Å². The highest BCUT2D eigenvalue weighted by Gasteiger charge is 2.46. The Morgan fingerprint density at radius 1 is 1.12 bits per heavy atom. The molecule has 0 spiro atoms. The summed E-state index contributed by atoms with van der Waals surface area (Å²) in [6, 6.07) is 0. The van der Waals surface area contributed by atoms with Gasteiger partial charge in [0.15, 0.2) is 6.29 Å². The van der Waals surface area contributed by atoms with Crippen LogP contribution in [0.25, 0.3) is 0 Å². The number of fused-ring (bicyclic) bond motifs is 1. The van der Waals surface area contributed by atoms with Crippen molar-refractivity contribution in [1.82, 2.24) is 0 Å². The van der Waals surface area contributed by atoms with Crippen molar-refractivity contribution in [2.24, 2.45) is 11.8 Å². The second kappa shape index (κ2) is 14.4. The first kappa shape index (κ1) is 25.7. The standard InChI is InChI=1S/C27H46O5/c1-2-3-4-5-8-13-21(28)17-18-23-22-14-9-6-7-10-15-26(29)31-24(22)20-25(23)32-27-16-11-12-19-30-27/h6,9,21-25,27-28H,2-5,7-8,10-20H2,1H3/b9-6-/t21?,22-,23-,24+,25-,27?/m1/s1. The number of rotatable bonds is 11. The van der Waals surface area contributed by atoms with Gasteiger partial charge in [0.1, 0.15) is 6.10 Å². The average molecular weight is 451 g/mol. The zero-order chi connectivity index (χ0) is 22.6. The number of hydrogen-bond acceptors (Lipinski definition) is 5. The SMILES string of the molecule is CCCCCCCC(O)CC[C@@H]1[C@H]2C/C=C\CCCC(=O)O[C@H]2C[C@H]1OC1CCCCO1. The molecule has 3 aliphatic rings. The van der Waals surface area contributed by atoms with Gasteiger partial charge in [-0.1, -0.05) is 51.2 Å². The molecule has 5 heteroatoms. The zero-order valence-electron chi connectivity index (χ0n) is 20.2. The van der Waals surface area contributed by atoms with Gasteiger partial charge in [0.25, 0.3) is 0 Å². The molecule has 2 unspecified atom stereocenters. The average Bonchev–Trinajstić information content (AvgIpc) is 3.10. The Morgan fingerprint density at radius 3 is 2.81 bits per heavy atom. The molecule has 1 N–H and O–H groups in total. The number of hydrogen-bond donors (Lipinski definition) is 1. The third-order valence-corrected chi connectivity index (χ3v) is 7.52. The number of unbranched alkanes of at least 4 members (excludes halogenated alkanes) is 4. The Morgan fingerprint density at radius 2 is 2.00 bits per heavy atom. The molecule has 1 saturated carbocycles. The summed E-state index contributed by atoms with van der Waals surface area (Å²) in [6.07, 6.45) is 19.9. The first-order valence-electron chi connectivity index (χ1n) is 13.5. The molecular formula is C27H46O5. The maximum absolute atomic E-state index is 12.4. The van der Waals surface area contributed by atoms with E-state index in [9.17, 15) is 9.90 Å². The Balaban J connectivity index is 1.59. The summed E-state index contributed by atoms with van der Waals surface area (Å²) >= 11 is 0. The number of aliphatic hydroxyl groups is 1. The van der Waals surface area contributed by atoms with Gasteiger partial charge in [0, 0.05) is 25.4 Å². The van der Waals surface area contributed by atoms with E-state index < -0.39 is 0 Å². The Hall–Kier alpha value is -0.910. The van der Waals surface area contributed by atoms with Crippen LogP contribution >= 0.6 is 0 Å². The van der Waals surface area contributed by atoms with Gasteiger partial charge in [-0.3, -0.25) is 4.79 Å². The molecule has 2 fully saturated rings. The van der Waals surface area contributed by atoms with E-state index in [2.05, 4.69) is 19.1 Å². The number of carbonyl (C=O) groups excluding carboxylic acids is 1. The van der Waals surface area contributed by atoms with Crippen molar-refractivity contribution in [3.8, 4) is 0 Å². The topological polar surface area (TPSA) is 65.0 Å². The van der Waals surface area contributed by atoms with Crippen molar-refractivity contribution >= 4 is 5.97 Å². The van der Waals surface area contributed by atoms with Gasteiger partial charge in [-0.15, -0.1) is 0 Å². The molecule has 184 valence electrons. The molecule has 3 rings (SSSR count). The molecule has 0 bridgehead atoms. The van der Waals surface area contributed by atoms with Crippen molar-refractivity contribution in [2.45, 2.75) is 134 Å². The van der Waals surface area contributed by atoms with Gasteiger partial charge in [-0.2, -0.15) is 0 Å². The van der Waals surface area contributed by atoms with Crippen LogP contribution in [0.4, 0.5) is 0 Å². The van der Waals surface area contributed by atoms with E-state index in [0.29, 0.717) is 6.42 Å². The maximum Gasteiger partial charge on any atom is 0.306 e. The van der Waals surface area contributed by atoms with Crippen LogP contribution in [0.1, 0.15) is 110 Å². The number of carbonyl (C=O) groups is 1. The quantitative estimate of drug-likeness (QED) is 0.235. The lowest BCUT2D eigenvalue weighted by Gasteiger charge is -2.30. The first-order chi connectivity index (χ1) is 15.7. The molecule has 5 nitrogen and oxygen atoms in total. The molecule has 6 atom stereocenters. The fourth-order valence-corrected chi connectivity index (χ4v) is 5.64. The molecule has 0 aromatic rings. The molecule has 2 aliphatic heterocycles. The normalized spacial score (nSPS) is 33.3. The monoisotopic (exact) mass is 450 g/mol. The number of allylic oxidation sites excluding steroid dienone is 2. The molecule has 0 radical (unpaired) electrons. The van der Waals surface area contributed by atoms with Gasteiger partial charge in [0.2, 0.25) is 0 Å². The van der Waals surface area contributed by atoms with Crippen LogP contribution in [-0.2, 0) is 19.0 Å². The van der Waals surface area contributed by atoms with Crippen LogP contribution in [0.5, 0.6) is 0 Å². The summed E-state index contributed by atoms with van der Waals surface area (Å²) in [4.78, 5) is 12.4. The van der Waals surface area contributed by atoms with E-state index in [1.165, 1.54) is 25.7 Å². The van der Waals surface area contributed by atoms with E-state index in [4.69, 9.17) is 14.2 Å². The summed E-state index contributed by atoms with van der Waals surface area (Å²) in [5.74, 6) is 0.478. The summed E-state index contributed by atoms with van der Waals surface area (Å²) in [5, 5.41) is 10.6. The van der Waals surface area contributed by atoms with Crippen molar-refractivity contribution in [3.05, 3.63) is 12.2 Å². The molecule has 0 amide bonds. The number of esters is 1. The van der Waals surface area contributed by atoms with Crippen LogP contribution in [0.3, 0.4) is 0 Å². The smallest absolute Gasteiger partial charge is 0.306 e. The molecule has 0 aromatic carbocycles. The van der Waals surface area contributed by atoms with Crippen molar-refractivity contribution in [3.63, 3.8) is 0 Å². The second-order valence-corrected chi connectivity index (χ2v) is 10.1. The van der Waals surface area contributed by atoms with E-state index in [1.807, 2.05) is 0 Å². The van der Waals surface area contributed by atoms with Gasteiger partial charge >= 0.3 is 5.97 Å². The minimum atomic E-state index is -0.250. The fourth-order valence-electron chi connectivity index (χ4n) is 5.64. The fraction of sp³-hybridized carbons (Fsp3) is 0.889. The minimum Gasteiger partial charge on any atom is -0.462 e. The van der Waals surface area contributed by atoms with E-state index >= 15 is 0 Å². The predicted molar refractivity (Wildman–Crippen MR) is 126 cm³/mol. The highest BCUT2D eigenvalue weighted by molar-refractivity contribution is 5.69. The predicted octanol–water partition coefficient (Wildman–Crippen LogP) is 6.08. The summed E-state index contributed by atoms with van der Waals surface area (Å²) in [5.41, 5.74) is 0. The molecular weight excluding hydrogens is 404 g/mol. The Labute approximate surface area is 195 Å². The Kier molecular flexibility index (Phi) is 11.5. The van der Waals surface area contributed by atoms with E-state index in [1.54, 1.807) is 0 Å².